The molecule has 0 bridgehead atoms. The van der Waals surface area contributed by atoms with Crippen LogP contribution in [-0.4, -0.2) is 40.1 Å². The minimum Gasteiger partial charge on any atom is -0.477 e. The molecular weight excluding hydrogens is 210 g/mol. The molecule has 1 fully saturated rings. The smallest absolute Gasteiger partial charge is 0.354 e. The van der Waals surface area contributed by atoms with E-state index in [1.165, 1.54) is 12.3 Å². The molecule has 6 heteroatoms. The molecule has 16 heavy (non-hydrogen) atoms. The van der Waals surface area contributed by atoms with E-state index >= 15 is 0 Å². The Morgan fingerprint density at radius 2 is 2.38 bits per heavy atom. The fourth-order valence-electron chi connectivity index (χ4n) is 1.53. The van der Waals surface area contributed by atoms with Crippen molar-refractivity contribution in [2.45, 2.75) is 6.54 Å². The van der Waals surface area contributed by atoms with Crippen molar-refractivity contribution in [1.29, 1.82) is 0 Å². The van der Waals surface area contributed by atoms with Gasteiger partial charge in [0.25, 0.3) is 0 Å². The topological polar surface area (TPSA) is 82.5 Å². The van der Waals surface area contributed by atoms with Gasteiger partial charge in [0.2, 0.25) is 0 Å². The van der Waals surface area contributed by atoms with Crippen molar-refractivity contribution < 1.29 is 14.7 Å². The van der Waals surface area contributed by atoms with E-state index in [4.69, 9.17) is 5.11 Å². The molecule has 1 aliphatic rings. The van der Waals surface area contributed by atoms with Crippen molar-refractivity contribution in [1.82, 2.24) is 15.2 Å². The van der Waals surface area contributed by atoms with Crippen LogP contribution in [0.25, 0.3) is 0 Å². The third-order valence-electron chi connectivity index (χ3n) is 2.36. The standard InChI is InChI=1S/C10H11N3O3/c14-9(15)8-2-1-7(5-12-8)6-13-4-3-11-10(13)16/h1-2,5H,3-4,6H2,(H,11,16)(H,14,15). The second-order valence-corrected chi connectivity index (χ2v) is 3.51. The Bertz CT molecular complexity index is 416. The first-order valence-electron chi connectivity index (χ1n) is 4.88. The molecule has 0 atom stereocenters. The minimum atomic E-state index is -1.05. The highest BCUT2D eigenvalue weighted by Crippen LogP contribution is 2.07. The molecule has 2 N–H and O–H groups in total. The predicted octanol–water partition coefficient (Wildman–Crippen LogP) is 0.305. The van der Waals surface area contributed by atoms with E-state index in [9.17, 15) is 9.59 Å². The van der Waals surface area contributed by atoms with E-state index in [-0.39, 0.29) is 11.7 Å². The molecule has 2 rings (SSSR count). The largest absolute Gasteiger partial charge is 0.477 e. The highest BCUT2D eigenvalue weighted by Gasteiger charge is 2.19. The third kappa shape index (κ3) is 2.10. The van der Waals surface area contributed by atoms with Crippen molar-refractivity contribution in [2.75, 3.05) is 13.1 Å². The number of carbonyl (C=O) groups is 2. The van der Waals surface area contributed by atoms with Gasteiger partial charge in [0.15, 0.2) is 0 Å². The van der Waals surface area contributed by atoms with Gasteiger partial charge in [0.1, 0.15) is 5.69 Å². The number of nitrogens with zero attached hydrogens (tertiary/aromatic N) is 2. The fraction of sp³-hybridized carbons (Fsp3) is 0.300. The van der Waals surface area contributed by atoms with Crippen LogP contribution < -0.4 is 5.32 Å². The van der Waals surface area contributed by atoms with Gasteiger partial charge >= 0.3 is 12.0 Å². The van der Waals surface area contributed by atoms with Crippen LogP contribution in [0.3, 0.4) is 0 Å². The van der Waals surface area contributed by atoms with Gasteiger partial charge < -0.3 is 15.3 Å². The van der Waals surface area contributed by atoms with Gasteiger partial charge in [-0.15, -0.1) is 0 Å². The average molecular weight is 221 g/mol. The van der Waals surface area contributed by atoms with Crippen LogP contribution in [0.15, 0.2) is 18.3 Å². The number of carbonyl (C=O) groups excluding carboxylic acids is 1. The summed E-state index contributed by atoms with van der Waals surface area (Å²) in [5, 5.41) is 11.4. The van der Waals surface area contributed by atoms with E-state index in [2.05, 4.69) is 10.3 Å². The molecule has 1 saturated heterocycles. The molecule has 0 unspecified atom stereocenters. The molecule has 0 aliphatic carbocycles. The number of pyridine rings is 1. The highest BCUT2D eigenvalue weighted by atomic mass is 16.4. The van der Waals surface area contributed by atoms with Crippen LogP contribution in [0.5, 0.6) is 0 Å². The molecule has 6 nitrogen and oxygen atoms in total. The lowest BCUT2D eigenvalue weighted by Crippen LogP contribution is -2.27. The van der Waals surface area contributed by atoms with Crippen LogP contribution in [-0.2, 0) is 6.54 Å². The lowest BCUT2D eigenvalue weighted by molar-refractivity contribution is 0.0690. The van der Waals surface area contributed by atoms with E-state index in [1.807, 2.05) is 0 Å². The maximum Gasteiger partial charge on any atom is 0.354 e. The molecule has 0 radical (unpaired) electrons. The maximum atomic E-state index is 11.3. The van der Waals surface area contributed by atoms with Gasteiger partial charge in [-0.2, -0.15) is 0 Å². The molecule has 84 valence electrons. The van der Waals surface area contributed by atoms with Gasteiger partial charge in [-0.25, -0.2) is 14.6 Å². The Balaban J connectivity index is 2.05. The Labute approximate surface area is 91.9 Å². The molecule has 2 heterocycles. The molecule has 1 aromatic heterocycles. The summed E-state index contributed by atoms with van der Waals surface area (Å²) in [6, 6.07) is 3.01. The quantitative estimate of drug-likeness (QED) is 0.769. The number of aromatic nitrogens is 1. The van der Waals surface area contributed by atoms with Crippen LogP contribution in [0, 0.1) is 0 Å². The Morgan fingerprint density at radius 1 is 1.56 bits per heavy atom. The Hall–Kier alpha value is -2.11. The second kappa shape index (κ2) is 4.18. The van der Waals surface area contributed by atoms with Crippen LogP contribution in [0.4, 0.5) is 4.79 Å². The Kier molecular flexibility index (Phi) is 2.72. The third-order valence-corrected chi connectivity index (χ3v) is 2.36. The summed E-state index contributed by atoms with van der Waals surface area (Å²) in [5.74, 6) is -1.05. The summed E-state index contributed by atoms with van der Waals surface area (Å²) in [6.07, 6.45) is 1.48. The molecular formula is C10H11N3O3. The van der Waals surface area contributed by atoms with Crippen molar-refractivity contribution in [3.8, 4) is 0 Å². The number of hydrogen-bond donors (Lipinski definition) is 2. The number of hydrogen-bond acceptors (Lipinski definition) is 3. The van der Waals surface area contributed by atoms with Crippen molar-refractivity contribution in [3.63, 3.8) is 0 Å². The van der Waals surface area contributed by atoms with E-state index in [1.54, 1.807) is 11.0 Å². The summed E-state index contributed by atoms with van der Waals surface area (Å²) in [4.78, 5) is 27.3. The molecule has 2 amide bonds. The number of aromatic carboxylic acids is 1. The molecule has 0 spiro atoms. The zero-order valence-corrected chi connectivity index (χ0v) is 8.51. The van der Waals surface area contributed by atoms with Gasteiger partial charge in [-0.05, 0) is 11.6 Å². The lowest BCUT2D eigenvalue weighted by atomic mass is 10.2. The first kappa shape index (κ1) is 10.4. The van der Waals surface area contributed by atoms with Gasteiger partial charge in [-0.3, -0.25) is 0 Å². The summed E-state index contributed by atoms with van der Waals surface area (Å²) < 4.78 is 0. The number of urea groups is 1. The average Bonchev–Trinajstić information content (AvgIpc) is 2.65. The zero-order chi connectivity index (χ0) is 11.5. The number of carboxylic acids is 1. The fourth-order valence-corrected chi connectivity index (χ4v) is 1.53. The van der Waals surface area contributed by atoms with Crippen LogP contribution in [0.2, 0.25) is 0 Å². The summed E-state index contributed by atoms with van der Waals surface area (Å²) in [5.41, 5.74) is 0.830. The lowest BCUT2D eigenvalue weighted by Gasteiger charge is -2.13. The number of rotatable bonds is 3. The monoisotopic (exact) mass is 221 g/mol. The predicted molar refractivity (Wildman–Crippen MR) is 55.0 cm³/mol. The molecule has 1 aromatic rings. The van der Waals surface area contributed by atoms with E-state index in [0.717, 1.165) is 5.56 Å². The molecule has 0 saturated carbocycles. The number of amides is 2. The van der Waals surface area contributed by atoms with Crippen molar-refractivity contribution in [2.24, 2.45) is 0 Å². The normalized spacial score (nSPS) is 15.0. The first-order chi connectivity index (χ1) is 7.66. The van der Waals surface area contributed by atoms with Crippen LogP contribution in [0.1, 0.15) is 16.1 Å². The highest BCUT2D eigenvalue weighted by molar-refractivity contribution is 5.85. The summed E-state index contributed by atoms with van der Waals surface area (Å²) in [7, 11) is 0. The SMILES string of the molecule is O=C(O)c1ccc(CN2CCNC2=O)cn1. The first-order valence-corrected chi connectivity index (χ1v) is 4.88. The van der Waals surface area contributed by atoms with E-state index in [0.29, 0.717) is 19.6 Å². The number of carboxylic acid groups (broad SMARTS) is 1. The van der Waals surface area contributed by atoms with Crippen LogP contribution >= 0.6 is 0 Å². The second-order valence-electron chi connectivity index (χ2n) is 3.51. The van der Waals surface area contributed by atoms with Gasteiger partial charge in [-0.1, -0.05) is 6.07 Å². The minimum absolute atomic E-state index is 0.00891. The Morgan fingerprint density at radius 3 is 2.88 bits per heavy atom. The van der Waals surface area contributed by atoms with E-state index < -0.39 is 5.97 Å². The maximum absolute atomic E-state index is 11.3. The van der Waals surface area contributed by atoms with Crippen molar-refractivity contribution in [3.05, 3.63) is 29.6 Å². The van der Waals surface area contributed by atoms with Crippen molar-refractivity contribution >= 4 is 12.0 Å². The number of nitrogens with one attached hydrogen (secondary N) is 1. The molecule has 1 aliphatic heterocycles. The summed E-state index contributed by atoms with van der Waals surface area (Å²) in [6.45, 7) is 1.78. The zero-order valence-electron chi connectivity index (χ0n) is 8.51. The summed E-state index contributed by atoms with van der Waals surface area (Å²) >= 11 is 0. The van der Waals surface area contributed by atoms with Gasteiger partial charge in [0.05, 0.1) is 0 Å². The van der Waals surface area contributed by atoms with Gasteiger partial charge in [0, 0.05) is 25.8 Å². The molecule has 0 aromatic carbocycles.